The Hall–Kier alpha value is -0.920. The summed E-state index contributed by atoms with van der Waals surface area (Å²) in [4.78, 5) is -1.39. The maximum absolute atomic E-state index is 13.6. The molecule has 0 heterocycles. The Balaban J connectivity index is 5.27. The van der Waals surface area contributed by atoms with Crippen molar-refractivity contribution in [3.8, 4) is 0 Å². The minimum Gasteiger partial charge on any atom is -0.363 e. The normalized spacial score (nSPS) is 19.7. The van der Waals surface area contributed by atoms with Crippen molar-refractivity contribution in [2.24, 2.45) is 0 Å². The zero-order valence-electron chi connectivity index (χ0n) is 12.7. The Kier molecular flexibility index (Phi) is 7.10. The van der Waals surface area contributed by atoms with Crippen LogP contribution in [0.4, 0.5) is 52.7 Å². The highest BCUT2D eigenvalue weighted by Crippen LogP contribution is 2.40. The fraction of sp³-hybridized carbons (Fsp3) is 1.00. The summed E-state index contributed by atoms with van der Waals surface area (Å²) in [6.45, 7) is 0.246. The first-order chi connectivity index (χ1) is 10.8. The summed E-state index contributed by atoms with van der Waals surface area (Å²) < 4.78 is 156. The van der Waals surface area contributed by atoms with Crippen molar-refractivity contribution in [2.75, 3.05) is 7.05 Å². The second kappa shape index (κ2) is 7.37. The molecule has 0 spiro atoms. The number of alkyl halides is 12. The molecule has 0 aliphatic rings. The van der Waals surface area contributed by atoms with Crippen LogP contribution in [0.3, 0.4) is 0 Å². The van der Waals surface area contributed by atoms with E-state index in [0.29, 0.717) is 0 Å². The van der Waals surface area contributed by atoms with Crippen molar-refractivity contribution in [3.05, 3.63) is 0 Å². The van der Waals surface area contributed by atoms with Gasteiger partial charge in [-0.25, -0.2) is 17.6 Å². The van der Waals surface area contributed by atoms with Gasteiger partial charge in [-0.15, -0.1) is 0 Å². The molecule has 0 rings (SSSR count). The zero-order chi connectivity index (χ0) is 20.6. The molecule has 2 nitrogen and oxygen atoms in total. The number of ether oxygens (including phenoxy) is 1. The molecule has 0 aliphatic heterocycles. The van der Waals surface area contributed by atoms with Crippen LogP contribution in [0.25, 0.3) is 0 Å². The lowest BCUT2D eigenvalue weighted by atomic mass is 10.1. The van der Waals surface area contributed by atoms with Gasteiger partial charge in [0.05, 0.1) is 0 Å². The molecule has 0 bridgehead atoms. The lowest BCUT2D eigenvalue weighted by molar-refractivity contribution is -0.319. The molecular formula is C11H13F12NO. The van der Waals surface area contributed by atoms with E-state index < -0.39 is 53.9 Å². The molecule has 152 valence electrons. The fourth-order valence-electron chi connectivity index (χ4n) is 1.49. The van der Waals surface area contributed by atoms with E-state index in [1.165, 1.54) is 0 Å². The predicted octanol–water partition coefficient (Wildman–Crippen LogP) is 4.70. The largest absolute Gasteiger partial charge is 0.462 e. The molecule has 0 aliphatic carbocycles. The van der Waals surface area contributed by atoms with Crippen molar-refractivity contribution in [1.82, 2.24) is 4.90 Å². The van der Waals surface area contributed by atoms with E-state index in [1.807, 2.05) is 0 Å². The third-order valence-corrected chi connectivity index (χ3v) is 3.18. The monoisotopic (exact) mass is 403 g/mol. The molecule has 0 aromatic heterocycles. The van der Waals surface area contributed by atoms with Crippen LogP contribution in [-0.4, -0.2) is 60.9 Å². The first kappa shape index (κ1) is 24.1. The molecule has 0 radical (unpaired) electrons. The molecule has 0 amide bonds. The lowest BCUT2D eigenvalue weighted by Gasteiger charge is -2.35. The molecule has 4 atom stereocenters. The first-order valence-corrected chi connectivity index (χ1v) is 6.32. The summed E-state index contributed by atoms with van der Waals surface area (Å²) in [5.41, 5.74) is 0. The maximum atomic E-state index is 13.6. The second-order valence-electron chi connectivity index (χ2n) is 5.09. The lowest BCUT2D eigenvalue weighted by Crippen LogP contribution is -2.56. The second-order valence-corrected chi connectivity index (χ2v) is 5.09. The third kappa shape index (κ3) is 5.53. The highest BCUT2D eigenvalue weighted by atomic mass is 19.4. The van der Waals surface area contributed by atoms with Crippen LogP contribution in [-0.2, 0) is 4.74 Å². The van der Waals surface area contributed by atoms with Crippen molar-refractivity contribution in [2.45, 2.75) is 62.8 Å². The Bertz CT molecular complexity index is 434. The van der Waals surface area contributed by atoms with Gasteiger partial charge in [0.15, 0.2) is 0 Å². The minimum atomic E-state index is -6.05. The number of nitrogens with zero attached hydrogens (tertiary/aromatic N) is 1. The highest BCUT2D eigenvalue weighted by molar-refractivity contribution is 4.90. The zero-order valence-corrected chi connectivity index (χ0v) is 12.7. The number of halogens is 12. The molecule has 4 unspecified atom stereocenters. The summed E-state index contributed by atoms with van der Waals surface area (Å²) >= 11 is 0. The molecule has 0 fully saturated rings. The van der Waals surface area contributed by atoms with Gasteiger partial charge in [-0.2, -0.15) is 40.0 Å². The van der Waals surface area contributed by atoms with E-state index in [1.54, 1.807) is 0 Å². The van der Waals surface area contributed by atoms with E-state index in [2.05, 4.69) is 4.74 Å². The summed E-state index contributed by atoms with van der Waals surface area (Å²) in [5, 5.41) is 0. The molecular weight excluding hydrogens is 390 g/mol. The van der Waals surface area contributed by atoms with Gasteiger partial charge in [-0.1, -0.05) is 0 Å². The molecule has 0 aromatic carbocycles. The first-order valence-electron chi connectivity index (χ1n) is 6.32. The quantitative estimate of drug-likeness (QED) is 0.452. The summed E-state index contributed by atoms with van der Waals surface area (Å²) in [6, 6.07) is 0. The highest BCUT2D eigenvalue weighted by Gasteiger charge is 2.62. The summed E-state index contributed by atoms with van der Waals surface area (Å²) in [5.74, 6) is -10.4. The van der Waals surface area contributed by atoms with Crippen molar-refractivity contribution in [1.29, 1.82) is 0 Å². The van der Waals surface area contributed by atoms with Crippen LogP contribution in [0.5, 0.6) is 0 Å². The van der Waals surface area contributed by atoms with Crippen molar-refractivity contribution >= 4 is 0 Å². The number of rotatable bonds is 7. The molecule has 0 saturated heterocycles. The van der Waals surface area contributed by atoms with Gasteiger partial charge in [-0.05, 0) is 20.9 Å². The minimum absolute atomic E-state index is 0.0889. The van der Waals surface area contributed by atoms with Gasteiger partial charge in [0.25, 0.3) is 6.17 Å². The molecule has 0 saturated carbocycles. The number of hydrogen-bond acceptors (Lipinski definition) is 2. The maximum Gasteiger partial charge on any atom is 0.462 e. The van der Waals surface area contributed by atoms with Crippen LogP contribution >= 0.6 is 0 Å². The summed E-state index contributed by atoms with van der Waals surface area (Å²) in [6.07, 6.45) is -26.7. The van der Waals surface area contributed by atoms with Crippen molar-refractivity contribution in [3.63, 3.8) is 0 Å². The average Bonchev–Trinajstić information content (AvgIpc) is 2.42. The fourth-order valence-corrected chi connectivity index (χ4v) is 1.49. The van der Waals surface area contributed by atoms with Gasteiger partial charge in [0.2, 0.25) is 6.30 Å². The molecule has 25 heavy (non-hydrogen) atoms. The standard InChI is InChI=1S/C11H13F12NO/c1-4(8(14,15)6(12)10(18,19)20)25-5(2)9(16,17)7(13)24(3)11(21,22)23/h4-7H,1-3H3. The molecule has 14 heteroatoms. The van der Waals surface area contributed by atoms with E-state index in [-0.39, 0.29) is 20.9 Å². The van der Waals surface area contributed by atoms with Crippen LogP contribution in [0.15, 0.2) is 0 Å². The molecule has 0 N–H and O–H groups in total. The number of hydrogen-bond donors (Lipinski definition) is 0. The van der Waals surface area contributed by atoms with E-state index in [4.69, 9.17) is 0 Å². The van der Waals surface area contributed by atoms with Crippen LogP contribution in [0.1, 0.15) is 13.8 Å². The Labute approximate surface area is 133 Å². The van der Waals surface area contributed by atoms with Crippen LogP contribution in [0.2, 0.25) is 0 Å². The predicted molar refractivity (Wildman–Crippen MR) is 59.6 cm³/mol. The average molecular weight is 403 g/mol. The van der Waals surface area contributed by atoms with E-state index in [0.717, 1.165) is 0 Å². The van der Waals surface area contributed by atoms with Crippen molar-refractivity contribution < 1.29 is 57.4 Å². The smallest absolute Gasteiger partial charge is 0.363 e. The van der Waals surface area contributed by atoms with Crippen LogP contribution < -0.4 is 0 Å². The van der Waals surface area contributed by atoms with Gasteiger partial charge in [-0.3, -0.25) is 0 Å². The van der Waals surface area contributed by atoms with Crippen LogP contribution in [0, 0.1) is 0 Å². The van der Waals surface area contributed by atoms with E-state index in [9.17, 15) is 52.7 Å². The Morgan fingerprint density at radius 3 is 1.40 bits per heavy atom. The topological polar surface area (TPSA) is 12.5 Å². The van der Waals surface area contributed by atoms with Gasteiger partial charge >= 0.3 is 24.3 Å². The Morgan fingerprint density at radius 2 is 1.08 bits per heavy atom. The third-order valence-electron chi connectivity index (χ3n) is 3.18. The van der Waals surface area contributed by atoms with Gasteiger partial charge in [0.1, 0.15) is 12.2 Å². The Morgan fingerprint density at radius 1 is 0.720 bits per heavy atom. The van der Waals surface area contributed by atoms with Gasteiger partial charge < -0.3 is 4.74 Å². The van der Waals surface area contributed by atoms with E-state index >= 15 is 0 Å². The molecule has 0 aromatic rings. The summed E-state index contributed by atoms with van der Waals surface area (Å²) in [7, 11) is -0.107. The van der Waals surface area contributed by atoms with Gasteiger partial charge in [0, 0.05) is 0 Å². The SMILES string of the molecule is CC(OC(C)C(F)(F)C(F)C(F)(F)F)C(F)(F)C(F)N(C)C(F)(F)F.